The van der Waals surface area contributed by atoms with Gasteiger partial charge in [-0.15, -0.1) is 0 Å². The van der Waals surface area contributed by atoms with E-state index in [4.69, 9.17) is 4.74 Å². The molecule has 0 saturated heterocycles. The third kappa shape index (κ3) is 7.36. The molecule has 0 spiro atoms. The number of nitro groups is 1. The van der Waals surface area contributed by atoms with Crippen molar-refractivity contribution in [1.82, 2.24) is 10.9 Å². The van der Waals surface area contributed by atoms with Crippen molar-refractivity contribution in [3.05, 3.63) is 33.9 Å². The molecule has 25 heavy (non-hydrogen) atoms. The molecule has 13 heteroatoms. The number of carbonyl (C=O) groups is 2. The average molecular weight is 383 g/mol. The van der Waals surface area contributed by atoms with Crippen LogP contribution in [0.25, 0.3) is 0 Å². The van der Waals surface area contributed by atoms with Crippen LogP contribution < -0.4 is 40.4 Å². The van der Waals surface area contributed by atoms with E-state index in [1.165, 1.54) is 0 Å². The van der Waals surface area contributed by atoms with Crippen LogP contribution in [0.2, 0.25) is 0 Å². The van der Waals surface area contributed by atoms with E-state index in [1.807, 2.05) is 10.9 Å². The van der Waals surface area contributed by atoms with Crippen LogP contribution in [0.1, 0.15) is 31.1 Å². The van der Waals surface area contributed by atoms with E-state index in [0.29, 0.717) is 12.1 Å². The van der Waals surface area contributed by atoms with Crippen LogP contribution in [-0.2, 0) is 14.9 Å². The molecule has 2 amide bonds. The van der Waals surface area contributed by atoms with Crippen molar-refractivity contribution in [2.75, 3.05) is 0 Å². The SMILES string of the molecule is CC(C)(C)OC(=O)NNC(=O)c1ccc(S(=O)(=O)[O-])c([N+](=O)[O-])c1.[Na+]. The quantitative estimate of drug-likeness (QED) is 0.254. The molecule has 11 nitrogen and oxygen atoms in total. The first-order valence-corrected chi connectivity index (χ1v) is 7.76. The van der Waals surface area contributed by atoms with Crippen molar-refractivity contribution in [3.8, 4) is 0 Å². The first kappa shape index (κ1) is 23.3. The predicted octanol–water partition coefficient (Wildman–Crippen LogP) is -2.33. The maximum atomic E-state index is 11.8. The summed E-state index contributed by atoms with van der Waals surface area (Å²) in [7, 11) is -5.08. The first-order valence-electron chi connectivity index (χ1n) is 6.35. The van der Waals surface area contributed by atoms with Crippen LogP contribution in [0.4, 0.5) is 10.5 Å². The number of rotatable bonds is 3. The van der Waals surface area contributed by atoms with E-state index in [9.17, 15) is 32.7 Å². The van der Waals surface area contributed by atoms with E-state index in [2.05, 4.69) is 0 Å². The molecule has 2 N–H and O–H groups in total. The van der Waals surface area contributed by atoms with Crippen molar-refractivity contribution in [2.45, 2.75) is 31.3 Å². The van der Waals surface area contributed by atoms with Crippen molar-refractivity contribution in [1.29, 1.82) is 0 Å². The fraction of sp³-hybridized carbons (Fsp3) is 0.333. The summed E-state index contributed by atoms with van der Waals surface area (Å²) in [6, 6.07) is 2.14. The second kappa shape index (κ2) is 8.58. The molecular weight excluding hydrogens is 369 g/mol. The average Bonchev–Trinajstić information content (AvgIpc) is 2.41. The Morgan fingerprint density at radius 1 is 1.20 bits per heavy atom. The topological polar surface area (TPSA) is 168 Å². The summed E-state index contributed by atoms with van der Waals surface area (Å²) in [6.45, 7) is 4.79. The number of carbonyl (C=O) groups excluding carboxylic acids is 2. The van der Waals surface area contributed by atoms with Gasteiger partial charge in [0.1, 0.15) is 20.6 Å². The molecule has 132 valence electrons. The molecule has 0 aromatic heterocycles. The summed E-state index contributed by atoms with van der Waals surface area (Å²) in [5.74, 6) is -0.973. The van der Waals surface area contributed by atoms with Gasteiger partial charge in [-0.25, -0.2) is 18.6 Å². The second-order valence-electron chi connectivity index (χ2n) is 5.47. The maximum absolute atomic E-state index is 11.8. The Morgan fingerprint density at radius 2 is 1.76 bits per heavy atom. The van der Waals surface area contributed by atoms with Gasteiger partial charge in [0, 0.05) is 11.6 Å². The van der Waals surface area contributed by atoms with Gasteiger partial charge >= 0.3 is 35.7 Å². The molecule has 1 aromatic rings. The Labute approximate surface area is 165 Å². The van der Waals surface area contributed by atoms with Gasteiger partial charge in [-0.05, 0) is 32.9 Å². The van der Waals surface area contributed by atoms with E-state index in [-0.39, 0.29) is 35.1 Å². The zero-order valence-electron chi connectivity index (χ0n) is 13.9. The number of nitro benzene ring substituents is 1. The van der Waals surface area contributed by atoms with Gasteiger partial charge in [-0.3, -0.25) is 20.3 Å². The Hall–Kier alpha value is -1.73. The van der Waals surface area contributed by atoms with Gasteiger partial charge in [0.15, 0.2) is 0 Å². The molecular formula is C12H14N3NaO8S. The summed E-state index contributed by atoms with van der Waals surface area (Å²) in [5.41, 5.74) is 1.66. The van der Waals surface area contributed by atoms with Crippen molar-refractivity contribution >= 4 is 27.8 Å². The van der Waals surface area contributed by atoms with Gasteiger partial charge in [-0.2, -0.15) is 0 Å². The first-order chi connectivity index (χ1) is 10.8. The van der Waals surface area contributed by atoms with Crippen molar-refractivity contribution < 1.29 is 61.8 Å². The van der Waals surface area contributed by atoms with E-state index >= 15 is 0 Å². The minimum atomic E-state index is -5.08. The molecule has 0 unspecified atom stereocenters. The summed E-state index contributed by atoms with van der Waals surface area (Å²) >= 11 is 0. The second-order valence-corrected chi connectivity index (χ2v) is 6.82. The van der Waals surface area contributed by atoms with Crippen LogP contribution in [0.15, 0.2) is 23.1 Å². The number of nitrogens with one attached hydrogen (secondary N) is 2. The monoisotopic (exact) mass is 383 g/mol. The number of amides is 2. The summed E-state index contributed by atoms with van der Waals surface area (Å²) in [4.78, 5) is 31.9. The van der Waals surface area contributed by atoms with Crippen LogP contribution in [0.5, 0.6) is 0 Å². The smallest absolute Gasteiger partial charge is 0.744 e. The largest absolute Gasteiger partial charge is 1.00 e. The summed E-state index contributed by atoms with van der Waals surface area (Å²) < 4.78 is 37.7. The predicted molar refractivity (Wildman–Crippen MR) is 77.9 cm³/mol. The van der Waals surface area contributed by atoms with Crippen molar-refractivity contribution in [2.24, 2.45) is 0 Å². The zero-order valence-corrected chi connectivity index (χ0v) is 16.7. The van der Waals surface area contributed by atoms with E-state index < -0.39 is 43.2 Å². The Kier molecular flexibility index (Phi) is 7.99. The number of hydrogen-bond acceptors (Lipinski definition) is 8. The molecule has 0 aliphatic carbocycles. The number of ether oxygens (including phenoxy) is 1. The molecule has 0 aliphatic heterocycles. The van der Waals surface area contributed by atoms with Crippen LogP contribution >= 0.6 is 0 Å². The van der Waals surface area contributed by atoms with Gasteiger partial charge < -0.3 is 9.29 Å². The molecule has 0 bridgehead atoms. The van der Waals surface area contributed by atoms with Crippen molar-refractivity contribution in [3.63, 3.8) is 0 Å². The van der Waals surface area contributed by atoms with Crippen LogP contribution in [0, 0.1) is 10.1 Å². The fourth-order valence-corrected chi connectivity index (χ4v) is 2.12. The van der Waals surface area contributed by atoms with E-state index in [0.717, 1.165) is 6.07 Å². The molecule has 0 saturated carbocycles. The van der Waals surface area contributed by atoms with E-state index in [1.54, 1.807) is 20.8 Å². The molecule has 1 aromatic carbocycles. The molecule has 0 atom stereocenters. The van der Waals surface area contributed by atoms with Crippen LogP contribution in [0.3, 0.4) is 0 Å². The number of benzene rings is 1. The third-order valence-electron chi connectivity index (χ3n) is 2.36. The normalized spacial score (nSPS) is 11.0. The van der Waals surface area contributed by atoms with Gasteiger partial charge in [0.2, 0.25) is 0 Å². The standard InChI is InChI=1S/C12H15N3O8S.Na/c1-12(2,3)23-11(17)14-13-10(16)7-4-5-9(24(20,21)22)8(6-7)15(18)19;/h4-6H,1-3H3,(H,13,16)(H,14,17)(H,20,21,22);/q;+1/p-1. The minimum absolute atomic E-state index is 0. The number of hydrogen-bond donors (Lipinski definition) is 2. The summed E-state index contributed by atoms with van der Waals surface area (Å²) in [5, 5.41) is 10.8. The van der Waals surface area contributed by atoms with Gasteiger partial charge in [0.05, 0.1) is 4.92 Å². The Morgan fingerprint density at radius 3 is 2.20 bits per heavy atom. The Balaban J connectivity index is 0.00000576. The number of hydrazine groups is 1. The maximum Gasteiger partial charge on any atom is 1.00 e. The Bertz CT molecular complexity index is 788. The third-order valence-corrected chi connectivity index (χ3v) is 3.25. The zero-order chi connectivity index (χ0) is 18.7. The summed E-state index contributed by atoms with van der Waals surface area (Å²) in [6.07, 6.45) is -0.968. The molecule has 0 radical (unpaired) electrons. The van der Waals surface area contributed by atoms with Crippen LogP contribution in [-0.4, -0.2) is 35.5 Å². The molecule has 0 fully saturated rings. The molecule has 0 aliphatic rings. The number of nitrogens with zero attached hydrogens (tertiary/aromatic N) is 1. The van der Waals surface area contributed by atoms with Gasteiger partial charge in [0.25, 0.3) is 11.6 Å². The molecule has 1 rings (SSSR count). The van der Waals surface area contributed by atoms with Gasteiger partial charge in [-0.1, -0.05) is 0 Å². The fourth-order valence-electron chi connectivity index (χ4n) is 1.50. The molecule has 0 heterocycles. The minimum Gasteiger partial charge on any atom is -0.744 e.